The molecule has 0 unspecified atom stereocenters. The fraction of sp³-hybridized carbons (Fsp3) is 0.136. The number of anilines is 1. The molecule has 0 spiro atoms. The Morgan fingerprint density at radius 2 is 1.70 bits per heavy atom. The predicted molar refractivity (Wildman–Crippen MR) is 103 cm³/mol. The zero-order valence-electron chi connectivity index (χ0n) is 14.7. The van der Waals surface area contributed by atoms with Crippen LogP contribution in [0, 0.1) is 0 Å². The Balaban J connectivity index is 1.42. The Bertz CT molecular complexity index is 940. The Morgan fingerprint density at radius 3 is 2.59 bits per heavy atom. The highest BCUT2D eigenvalue weighted by Gasteiger charge is 2.17. The highest BCUT2D eigenvalue weighted by molar-refractivity contribution is 6.05. The maximum atomic E-state index is 12.6. The van der Waals surface area contributed by atoms with Crippen LogP contribution in [0.15, 0.2) is 72.8 Å². The van der Waals surface area contributed by atoms with Crippen LogP contribution in [0.5, 0.6) is 17.2 Å². The predicted octanol–water partition coefficient (Wildman–Crippen LogP) is 4.29. The molecule has 0 aliphatic carbocycles. The molecule has 0 bridgehead atoms. The van der Waals surface area contributed by atoms with Gasteiger partial charge in [0.2, 0.25) is 6.79 Å². The first kappa shape index (κ1) is 17.0. The van der Waals surface area contributed by atoms with Crippen LogP contribution in [0.1, 0.15) is 15.9 Å². The molecular formula is C22H19NO4. The minimum atomic E-state index is -0.229. The number of benzene rings is 3. The monoisotopic (exact) mass is 361 g/mol. The Morgan fingerprint density at radius 1 is 0.926 bits per heavy atom. The third-order valence-electron chi connectivity index (χ3n) is 4.26. The first-order valence-electron chi connectivity index (χ1n) is 8.76. The molecule has 5 heteroatoms. The first-order chi connectivity index (χ1) is 13.3. The van der Waals surface area contributed by atoms with Crippen molar-refractivity contribution in [2.75, 3.05) is 18.7 Å². The van der Waals surface area contributed by atoms with Crippen molar-refractivity contribution in [1.29, 1.82) is 0 Å². The van der Waals surface area contributed by atoms with Gasteiger partial charge in [-0.1, -0.05) is 42.5 Å². The number of fused-ring (bicyclic) bond motifs is 1. The van der Waals surface area contributed by atoms with Crippen LogP contribution in [0.2, 0.25) is 0 Å². The molecule has 0 aromatic heterocycles. The highest BCUT2D eigenvalue weighted by atomic mass is 16.7. The molecule has 4 rings (SSSR count). The van der Waals surface area contributed by atoms with Crippen LogP contribution in [0.3, 0.4) is 0 Å². The number of para-hydroxylation sites is 2. The van der Waals surface area contributed by atoms with Crippen molar-refractivity contribution in [3.8, 4) is 17.2 Å². The summed E-state index contributed by atoms with van der Waals surface area (Å²) in [6.45, 7) is 0.708. The largest absolute Gasteiger partial charge is 0.491 e. The lowest BCUT2D eigenvalue weighted by Crippen LogP contribution is -2.13. The van der Waals surface area contributed by atoms with Crippen LogP contribution in [0.25, 0.3) is 0 Å². The number of nitrogens with one attached hydrogen (secondary N) is 1. The molecule has 0 saturated carbocycles. The standard InChI is InChI=1S/C22H19NO4/c24-22(17-10-11-20-21(14-17)27-15-26-20)23-18-8-4-5-9-19(18)25-13-12-16-6-2-1-3-7-16/h1-11,14H,12-13,15H2,(H,23,24). The summed E-state index contributed by atoms with van der Waals surface area (Å²) in [6.07, 6.45) is 0.797. The lowest BCUT2D eigenvalue weighted by molar-refractivity contribution is 0.102. The molecule has 1 heterocycles. The fourth-order valence-electron chi connectivity index (χ4n) is 2.85. The quantitative estimate of drug-likeness (QED) is 0.712. The van der Waals surface area contributed by atoms with Crippen molar-refractivity contribution in [2.45, 2.75) is 6.42 Å². The van der Waals surface area contributed by atoms with E-state index in [-0.39, 0.29) is 12.7 Å². The molecule has 0 saturated heterocycles. The maximum Gasteiger partial charge on any atom is 0.255 e. The van der Waals surface area contributed by atoms with Crippen molar-refractivity contribution >= 4 is 11.6 Å². The van der Waals surface area contributed by atoms with Crippen LogP contribution < -0.4 is 19.5 Å². The Hall–Kier alpha value is -3.47. The first-order valence-corrected chi connectivity index (χ1v) is 8.76. The van der Waals surface area contributed by atoms with Gasteiger partial charge in [-0.25, -0.2) is 0 Å². The number of hydrogen-bond acceptors (Lipinski definition) is 4. The van der Waals surface area contributed by atoms with Crippen molar-refractivity contribution in [1.82, 2.24) is 0 Å². The van der Waals surface area contributed by atoms with Gasteiger partial charge in [-0.2, -0.15) is 0 Å². The summed E-state index contributed by atoms with van der Waals surface area (Å²) in [4.78, 5) is 12.6. The average molecular weight is 361 g/mol. The molecule has 3 aromatic carbocycles. The smallest absolute Gasteiger partial charge is 0.255 e. The van der Waals surface area contributed by atoms with Gasteiger partial charge >= 0.3 is 0 Å². The molecule has 0 fully saturated rings. The second-order valence-electron chi connectivity index (χ2n) is 6.10. The summed E-state index contributed by atoms with van der Waals surface area (Å²) < 4.78 is 16.5. The second kappa shape index (κ2) is 7.83. The van der Waals surface area contributed by atoms with Gasteiger partial charge in [0.25, 0.3) is 5.91 Å². The number of carbonyl (C=O) groups excluding carboxylic acids is 1. The summed E-state index contributed by atoms with van der Waals surface area (Å²) in [6, 6.07) is 22.7. The number of carbonyl (C=O) groups is 1. The van der Waals surface area contributed by atoms with E-state index >= 15 is 0 Å². The van der Waals surface area contributed by atoms with E-state index in [9.17, 15) is 4.79 Å². The van der Waals surface area contributed by atoms with Gasteiger partial charge in [-0.15, -0.1) is 0 Å². The van der Waals surface area contributed by atoms with Gasteiger partial charge in [0.05, 0.1) is 12.3 Å². The lowest BCUT2D eigenvalue weighted by atomic mass is 10.1. The molecule has 5 nitrogen and oxygen atoms in total. The van der Waals surface area contributed by atoms with Crippen LogP contribution >= 0.6 is 0 Å². The van der Waals surface area contributed by atoms with Gasteiger partial charge in [-0.3, -0.25) is 4.79 Å². The van der Waals surface area contributed by atoms with Crippen LogP contribution in [0.4, 0.5) is 5.69 Å². The molecule has 136 valence electrons. The van der Waals surface area contributed by atoms with E-state index in [0.29, 0.717) is 35.1 Å². The number of rotatable bonds is 6. The molecule has 1 amide bonds. The minimum Gasteiger partial charge on any atom is -0.491 e. The molecular weight excluding hydrogens is 342 g/mol. The SMILES string of the molecule is O=C(Nc1ccccc1OCCc1ccccc1)c1ccc2c(c1)OCO2. The summed E-state index contributed by atoms with van der Waals surface area (Å²) in [5.74, 6) is 1.64. The van der Waals surface area contributed by atoms with Gasteiger partial charge in [0.15, 0.2) is 11.5 Å². The van der Waals surface area contributed by atoms with Gasteiger partial charge in [0.1, 0.15) is 5.75 Å². The molecule has 0 atom stereocenters. The molecule has 1 aliphatic heterocycles. The minimum absolute atomic E-state index is 0.179. The van der Waals surface area contributed by atoms with E-state index in [1.54, 1.807) is 18.2 Å². The summed E-state index contributed by atoms with van der Waals surface area (Å²) in [5, 5.41) is 2.91. The number of hydrogen-bond donors (Lipinski definition) is 1. The molecule has 1 aliphatic rings. The van der Waals surface area contributed by atoms with E-state index in [1.165, 1.54) is 5.56 Å². The van der Waals surface area contributed by atoms with E-state index in [4.69, 9.17) is 14.2 Å². The molecule has 3 aromatic rings. The number of ether oxygens (including phenoxy) is 3. The third-order valence-corrected chi connectivity index (χ3v) is 4.26. The average Bonchev–Trinajstić information content (AvgIpc) is 3.18. The van der Waals surface area contributed by atoms with E-state index in [0.717, 1.165) is 6.42 Å². The van der Waals surface area contributed by atoms with E-state index < -0.39 is 0 Å². The van der Waals surface area contributed by atoms with Gasteiger partial charge in [0, 0.05) is 12.0 Å². The van der Waals surface area contributed by atoms with Crippen molar-refractivity contribution in [3.63, 3.8) is 0 Å². The topological polar surface area (TPSA) is 56.8 Å². The number of amides is 1. The zero-order valence-corrected chi connectivity index (χ0v) is 14.7. The summed E-state index contributed by atoms with van der Waals surface area (Å²) in [7, 11) is 0. The zero-order chi connectivity index (χ0) is 18.5. The van der Waals surface area contributed by atoms with E-state index in [2.05, 4.69) is 17.4 Å². The van der Waals surface area contributed by atoms with Crippen LogP contribution in [-0.2, 0) is 6.42 Å². The highest BCUT2D eigenvalue weighted by Crippen LogP contribution is 2.33. The van der Waals surface area contributed by atoms with Crippen molar-refractivity contribution < 1.29 is 19.0 Å². The maximum absolute atomic E-state index is 12.6. The fourth-order valence-corrected chi connectivity index (χ4v) is 2.85. The van der Waals surface area contributed by atoms with E-state index in [1.807, 2.05) is 42.5 Å². The Kier molecular flexibility index (Phi) is 4.92. The summed E-state index contributed by atoms with van der Waals surface area (Å²) in [5.41, 5.74) is 2.34. The summed E-state index contributed by atoms with van der Waals surface area (Å²) >= 11 is 0. The molecule has 0 radical (unpaired) electrons. The van der Waals surface area contributed by atoms with Crippen LogP contribution in [-0.4, -0.2) is 19.3 Å². The van der Waals surface area contributed by atoms with Gasteiger partial charge in [-0.05, 0) is 35.9 Å². The molecule has 27 heavy (non-hydrogen) atoms. The molecule has 1 N–H and O–H groups in total. The van der Waals surface area contributed by atoms with Crippen molar-refractivity contribution in [3.05, 3.63) is 83.9 Å². The Labute approximate surface area is 157 Å². The lowest BCUT2D eigenvalue weighted by Gasteiger charge is -2.13. The van der Waals surface area contributed by atoms with Gasteiger partial charge < -0.3 is 19.5 Å². The second-order valence-corrected chi connectivity index (χ2v) is 6.10. The normalized spacial score (nSPS) is 11.9. The third kappa shape index (κ3) is 4.03. The van der Waals surface area contributed by atoms with Crippen molar-refractivity contribution in [2.24, 2.45) is 0 Å².